The highest BCUT2D eigenvalue weighted by molar-refractivity contribution is 14.1. The smallest absolute Gasteiger partial charge is 0.110 e. The third-order valence-electron chi connectivity index (χ3n) is 0.898. The molecule has 0 rings (SSSR count). The normalized spacial score (nSPS) is 18.0. The molecule has 0 aromatic heterocycles. The molecule has 8 heavy (non-hydrogen) atoms. The van der Waals surface area contributed by atoms with Crippen molar-refractivity contribution >= 4 is 22.6 Å². The zero-order valence-corrected chi connectivity index (χ0v) is 7.28. The molecule has 0 heterocycles. The van der Waals surface area contributed by atoms with Gasteiger partial charge in [0.15, 0.2) is 0 Å². The van der Waals surface area contributed by atoms with E-state index in [0.29, 0.717) is 0 Å². The maximum absolute atomic E-state index is 12.2. The second-order valence-electron chi connectivity index (χ2n) is 1.75. The molecular weight excluding hydrogens is 220 g/mol. The van der Waals surface area contributed by atoms with Crippen LogP contribution >= 0.6 is 22.6 Å². The van der Waals surface area contributed by atoms with E-state index in [9.17, 15) is 4.39 Å². The second kappa shape index (κ2) is 4.49. The maximum atomic E-state index is 12.2. The fourth-order valence-electron chi connectivity index (χ4n) is 0.357. The van der Waals surface area contributed by atoms with Crippen molar-refractivity contribution in [1.29, 1.82) is 0 Å². The molecule has 0 spiro atoms. The van der Waals surface area contributed by atoms with Crippen LogP contribution in [-0.4, -0.2) is 23.7 Å². The Balaban J connectivity index is 3.17. The zero-order valence-electron chi connectivity index (χ0n) is 5.12. The molecule has 0 bridgehead atoms. The molecule has 50 valence electrons. The molecule has 0 saturated heterocycles. The lowest BCUT2D eigenvalue weighted by Gasteiger charge is -2.08. The van der Waals surface area contributed by atoms with Crippen molar-refractivity contribution in [2.75, 3.05) is 13.6 Å². The van der Waals surface area contributed by atoms with Gasteiger partial charge in [0.1, 0.15) is 6.17 Å². The van der Waals surface area contributed by atoms with Gasteiger partial charge in [-0.3, -0.25) is 0 Å². The molecule has 0 fully saturated rings. The third-order valence-corrected chi connectivity index (χ3v) is 2.33. The summed E-state index contributed by atoms with van der Waals surface area (Å²) >= 11 is 2.09. The quantitative estimate of drug-likeness (QED) is 0.571. The summed E-state index contributed by atoms with van der Waals surface area (Å²) in [6, 6.07) is 0. The van der Waals surface area contributed by atoms with E-state index < -0.39 is 6.17 Å². The minimum atomic E-state index is -0.706. The Morgan fingerprint density at radius 1 is 1.75 bits per heavy atom. The lowest BCUT2D eigenvalue weighted by atomic mass is 10.3. The molecule has 0 saturated carbocycles. The molecule has 0 aliphatic carbocycles. The largest absolute Gasteiger partial charge is 0.319 e. The van der Waals surface area contributed by atoms with Gasteiger partial charge in [0.05, 0.1) is 3.92 Å². The van der Waals surface area contributed by atoms with Crippen molar-refractivity contribution in [2.24, 2.45) is 0 Å². The molecule has 0 aromatic carbocycles. The topological polar surface area (TPSA) is 12.0 Å². The summed E-state index contributed by atoms with van der Waals surface area (Å²) in [5, 5.41) is 2.90. The van der Waals surface area contributed by atoms with Crippen LogP contribution in [0.25, 0.3) is 0 Å². The minimum absolute atomic E-state index is 0.109. The van der Waals surface area contributed by atoms with Crippen LogP contribution in [-0.2, 0) is 0 Å². The van der Waals surface area contributed by atoms with Gasteiger partial charge in [0.2, 0.25) is 0 Å². The van der Waals surface area contributed by atoms with E-state index >= 15 is 0 Å². The molecule has 0 aliphatic rings. The molecule has 2 atom stereocenters. The monoisotopic (exact) mass is 231 g/mol. The maximum Gasteiger partial charge on any atom is 0.110 e. The van der Waals surface area contributed by atoms with Crippen molar-refractivity contribution in [1.82, 2.24) is 5.32 Å². The Kier molecular flexibility index (Phi) is 4.84. The van der Waals surface area contributed by atoms with Gasteiger partial charge in [-0.05, 0) is 14.0 Å². The Hall–Kier alpha value is 0.620. The van der Waals surface area contributed by atoms with Gasteiger partial charge in [-0.1, -0.05) is 22.6 Å². The molecule has 3 heteroatoms. The summed E-state index contributed by atoms with van der Waals surface area (Å²) in [5.74, 6) is 0. The van der Waals surface area contributed by atoms with Gasteiger partial charge in [0.25, 0.3) is 0 Å². The first-order valence-corrected chi connectivity index (χ1v) is 3.85. The zero-order chi connectivity index (χ0) is 6.57. The number of hydrogen-bond donors (Lipinski definition) is 1. The Labute approximate surface area is 63.2 Å². The Bertz CT molecular complexity index is 58.4. The highest BCUT2D eigenvalue weighted by Gasteiger charge is 2.09. The van der Waals surface area contributed by atoms with Crippen LogP contribution in [0.4, 0.5) is 4.39 Å². The van der Waals surface area contributed by atoms with E-state index in [0.717, 1.165) is 6.54 Å². The number of halogens is 2. The van der Waals surface area contributed by atoms with Crippen LogP contribution in [0.3, 0.4) is 0 Å². The lowest BCUT2D eigenvalue weighted by molar-refractivity contribution is 0.355. The van der Waals surface area contributed by atoms with Crippen LogP contribution in [0, 0.1) is 0 Å². The van der Waals surface area contributed by atoms with E-state index in [1.807, 2.05) is 7.05 Å². The average Bonchev–Trinajstić information content (AvgIpc) is 1.67. The summed E-state index contributed by atoms with van der Waals surface area (Å²) in [6.07, 6.45) is -0.706. The van der Waals surface area contributed by atoms with Gasteiger partial charge < -0.3 is 5.32 Å². The second-order valence-corrected chi connectivity index (χ2v) is 3.35. The van der Waals surface area contributed by atoms with Gasteiger partial charge in [-0.25, -0.2) is 4.39 Å². The highest BCUT2D eigenvalue weighted by atomic mass is 127. The third kappa shape index (κ3) is 3.60. The average molecular weight is 231 g/mol. The van der Waals surface area contributed by atoms with E-state index in [1.54, 1.807) is 6.92 Å². The van der Waals surface area contributed by atoms with Gasteiger partial charge in [-0.15, -0.1) is 0 Å². The molecule has 0 aromatic rings. The Morgan fingerprint density at radius 3 is 2.38 bits per heavy atom. The van der Waals surface area contributed by atoms with Crippen LogP contribution in [0.15, 0.2) is 0 Å². The molecule has 1 N–H and O–H groups in total. The van der Waals surface area contributed by atoms with Crippen LogP contribution in [0.1, 0.15) is 6.92 Å². The van der Waals surface area contributed by atoms with Crippen molar-refractivity contribution in [3.05, 3.63) is 0 Å². The fraction of sp³-hybridized carbons (Fsp3) is 1.00. The fourth-order valence-corrected chi connectivity index (χ4v) is 0.798. The summed E-state index contributed by atoms with van der Waals surface area (Å²) in [6.45, 7) is 2.33. The summed E-state index contributed by atoms with van der Waals surface area (Å²) < 4.78 is 12.3. The minimum Gasteiger partial charge on any atom is -0.319 e. The first-order valence-electron chi connectivity index (χ1n) is 2.61. The molecule has 0 aliphatic heterocycles. The van der Waals surface area contributed by atoms with Crippen molar-refractivity contribution in [3.8, 4) is 0 Å². The first kappa shape index (κ1) is 8.62. The van der Waals surface area contributed by atoms with Crippen molar-refractivity contribution < 1.29 is 4.39 Å². The highest BCUT2D eigenvalue weighted by Crippen LogP contribution is 2.07. The first-order chi connectivity index (χ1) is 3.68. The predicted octanol–water partition coefficient (Wildman–Crippen LogP) is 1.37. The Morgan fingerprint density at radius 2 is 2.25 bits per heavy atom. The standard InChI is InChI=1S/C5H11FIN/c1-4(6)5(7)3-8-2/h4-5,8H,3H2,1-2H3. The molecule has 0 amide bonds. The molecular formula is C5H11FIN. The van der Waals surface area contributed by atoms with Crippen LogP contribution in [0.2, 0.25) is 0 Å². The number of hydrogen-bond acceptors (Lipinski definition) is 1. The van der Waals surface area contributed by atoms with Crippen LogP contribution < -0.4 is 5.32 Å². The molecule has 0 radical (unpaired) electrons. The summed E-state index contributed by atoms with van der Waals surface area (Å²) in [5.41, 5.74) is 0. The van der Waals surface area contributed by atoms with Gasteiger partial charge >= 0.3 is 0 Å². The van der Waals surface area contributed by atoms with Gasteiger partial charge in [0, 0.05) is 6.54 Å². The summed E-state index contributed by atoms with van der Waals surface area (Å²) in [4.78, 5) is 0. The van der Waals surface area contributed by atoms with Crippen molar-refractivity contribution in [2.45, 2.75) is 17.0 Å². The van der Waals surface area contributed by atoms with Crippen molar-refractivity contribution in [3.63, 3.8) is 0 Å². The number of rotatable bonds is 3. The molecule has 1 nitrogen and oxygen atoms in total. The SMILES string of the molecule is CNCC(I)C(C)F. The van der Waals surface area contributed by atoms with E-state index in [1.165, 1.54) is 0 Å². The number of alkyl halides is 2. The van der Waals surface area contributed by atoms with Gasteiger partial charge in [-0.2, -0.15) is 0 Å². The number of nitrogens with one attached hydrogen (secondary N) is 1. The van der Waals surface area contributed by atoms with E-state index in [2.05, 4.69) is 27.9 Å². The lowest BCUT2D eigenvalue weighted by Crippen LogP contribution is -2.24. The van der Waals surface area contributed by atoms with Crippen LogP contribution in [0.5, 0.6) is 0 Å². The summed E-state index contributed by atoms with van der Waals surface area (Å²) in [7, 11) is 1.83. The molecule has 2 unspecified atom stereocenters. The van der Waals surface area contributed by atoms with E-state index in [-0.39, 0.29) is 3.92 Å². The predicted molar refractivity (Wildman–Crippen MR) is 42.3 cm³/mol. The van der Waals surface area contributed by atoms with E-state index in [4.69, 9.17) is 0 Å².